The van der Waals surface area contributed by atoms with Crippen LogP contribution in [0.4, 0.5) is 22.7 Å². The second-order valence-electron chi connectivity index (χ2n) is 11.2. The lowest BCUT2D eigenvalue weighted by Gasteiger charge is -2.30. The van der Waals surface area contributed by atoms with Crippen molar-refractivity contribution in [1.82, 2.24) is 0 Å². The van der Waals surface area contributed by atoms with Gasteiger partial charge in [0.15, 0.2) is 0 Å². The lowest BCUT2D eigenvalue weighted by atomic mass is 9.88. The van der Waals surface area contributed by atoms with Crippen molar-refractivity contribution in [2.75, 3.05) is 22.9 Å². The van der Waals surface area contributed by atoms with E-state index in [9.17, 15) is 0 Å². The quantitative estimate of drug-likeness (QED) is 0.206. The van der Waals surface area contributed by atoms with Crippen LogP contribution < -0.4 is 9.80 Å². The van der Waals surface area contributed by atoms with Crippen LogP contribution in [0, 0.1) is 27.7 Å². The Kier molecular flexibility index (Phi) is 7.67. The molecule has 0 saturated carbocycles. The van der Waals surface area contributed by atoms with E-state index in [-0.39, 0.29) is 0 Å². The van der Waals surface area contributed by atoms with Crippen LogP contribution in [0.15, 0.2) is 80.2 Å². The number of unbranched alkanes of at least 4 members (excludes halogenated alkanes) is 2. The lowest BCUT2D eigenvalue weighted by molar-refractivity contribution is 0.775. The first-order chi connectivity index (χ1) is 19.4. The fourth-order valence-electron chi connectivity index (χ4n) is 6.44. The Bertz CT molecular complexity index is 1470. The second-order valence-corrected chi connectivity index (χ2v) is 13.3. The van der Waals surface area contributed by atoms with Crippen molar-refractivity contribution in [2.45, 2.75) is 86.8 Å². The Morgan fingerprint density at radius 1 is 0.550 bits per heavy atom. The van der Waals surface area contributed by atoms with Gasteiger partial charge in [-0.2, -0.15) is 0 Å². The highest BCUT2D eigenvalue weighted by molar-refractivity contribution is 7.79. The van der Waals surface area contributed by atoms with Gasteiger partial charge in [0.05, 0.1) is 0 Å². The van der Waals surface area contributed by atoms with Crippen molar-refractivity contribution in [3.8, 4) is 11.1 Å². The smallest absolute Gasteiger partial charge is 0.289 e. The van der Waals surface area contributed by atoms with Gasteiger partial charge in [0, 0.05) is 36.3 Å². The molecule has 4 heteroatoms. The molecule has 2 aliphatic heterocycles. The number of fused-ring (bicyclic) bond motifs is 4. The highest BCUT2D eigenvalue weighted by atomic mass is 32.2. The molecule has 2 radical (unpaired) electrons. The van der Waals surface area contributed by atoms with Crippen molar-refractivity contribution in [3.63, 3.8) is 0 Å². The van der Waals surface area contributed by atoms with Crippen molar-refractivity contribution < 1.29 is 0 Å². The van der Waals surface area contributed by atoms with Gasteiger partial charge in [-0.05, 0) is 87.1 Å². The van der Waals surface area contributed by atoms with E-state index in [1.807, 2.05) is 23.5 Å². The molecule has 2 aliphatic rings. The van der Waals surface area contributed by atoms with Crippen LogP contribution >= 0.6 is 0 Å². The van der Waals surface area contributed by atoms with Crippen LogP contribution in [-0.4, -0.2) is 13.1 Å². The zero-order valence-corrected chi connectivity index (χ0v) is 26.4. The van der Waals surface area contributed by atoms with Crippen molar-refractivity contribution in [1.29, 1.82) is 0 Å². The molecule has 4 aromatic carbocycles. The first-order valence-corrected chi connectivity index (χ1v) is 16.4. The molecule has 6 rings (SSSR count). The number of anilines is 4. The molecule has 0 aliphatic carbocycles. The monoisotopic (exact) mass is 564 g/mol. The second kappa shape index (κ2) is 11.2. The van der Waals surface area contributed by atoms with Crippen LogP contribution in [-0.2, 0) is 23.5 Å². The molecule has 0 N–H and O–H groups in total. The summed E-state index contributed by atoms with van der Waals surface area (Å²) in [7, 11) is 0. The Labute approximate surface area is 249 Å². The van der Waals surface area contributed by atoms with Gasteiger partial charge in [0.1, 0.15) is 22.7 Å². The Balaban J connectivity index is 1.51. The molecule has 4 aromatic rings. The third-order valence-corrected chi connectivity index (χ3v) is 11.0. The van der Waals surface area contributed by atoms with Crippen LogP contribution in [0.3, 0.4) is 0 Å². The summed E-state index contributed by atoms with van der Waals surface area (Å²) in [4.78, 5) is 10.7. The number of hydrogen-bond acceptors (Lipinski definition) is 4. The zero-order chi connectivity index (χ0) is 28.0. The zero-order valence-electron chi connectivity index (χ0n) is 24.7. The predicted molar refractivity (Wildman–Crippen MR) is 175 cm³/mol. The normalized spacial score (nSPS) is 13.6. The van der Waals surface area contributed by atoms with E-state index < -0.39 is 0 Å². The molecule has 2 heterocycles. The Morgan fingerprint density at radius 2 is 0.950 bits per heavy atom. The molecule has 0 atom stereocenters. The van der Waals surface area contributed by atoms with Gasteiger partial charge in [-0.25, -0.2) is 0 Å². The molecule has 0 bridgehead atoms. The highest BCUT2D eigenvalue weighted by Gasteiger charge is 2.40. The summed E-state index contributed by atoms with van der Waals surface area (Å²) in [5.41, 5.74) is 13.8. The average molecular weight is 565 g/mol. The first-order valence-electron chi connectivity index (χ1n) is 14.8. The maximum Gasteiger partial charge on any atom is 0.289 e. The maximum atomic E-state index is 2.57. The van der Waals surface area contributed by atoms with E-state index >= 15 is 0 Å². The summed E-state index contributed by atoms with van der Waals surface area (Å²) in [6, 6.07) is 22.8. The SMILES string of the molecule is CCCCN1c2ccccc2[S+]c2c1cc(C)c(-c1c(C)cc3c(c1C)[S+]c1ccccc1N3CCCC)c2C. The van der Waals surface area contributed by atoms with Crippen molar-refractivity contribution in [3.05, 3.63) is 82.9 Å². The maximum absolute atomic E-state index is 2.57. The van der Waals surface area contributed by atoms with Crippen molar-refractivity contribution >= 4 is 46.3 Å². The number of rotatable bonds is 7. The predicted octanol–water partition coefficient (Wildman–Crippen LogP) is 10.1. The lowest BCUT2D eigenvalue weighted by Crippen LogP contribution is -2.25. The van der Waals surface area contributed by atoms with E-state index in [4.69, 9.17) is 0 Å². The fourth-order valence-corrected chi connectivity index (χ4v) is 8.80. The van der Waals surface area contributed by atoms with Crippen LogP contribution in [0.5, 0.6) is 0 Å². The highest BCUT2D eigenvalue weighted by Crippen LogP contribution is 2.50. The minimum atomic E-state index is 1.06. The van der Waals surface area contributed by atoms with E-state index in [0.717, 1.165) is 13.1 Å². The molecule has 204 valence electrons. The Hall–Kier alpha value is -2.82. The molecule has 0 amide bonds. The van der Waals surface area contributed by atoms with E-state index in [1.165, 1.54) is 101 Å². The molecule has 40 heavy (non-hydrogen) atoms. The summed E-state index contributed by atoms with van der Waals surface area (Å²) < 4.78 is 0. The van der Waals surface area contributed by atoms with E-state index in [0.29, 0.717) is 0 Å². The van der Waals surface area contributed by atoms with Crippen LogP contribution in [0.25, 0.3) is 11.1 Å². The molecule has 0 saturated heterocycles. The van der Waals surface area contributed by atoms with Crippen molar-refractivity contribution in [2.24, 2.45) is 0 Å². The van der Waals surface area contributed by atoms with Crippen LogP contribution in [0.1, 0.15) is 61.8 Å². The minimum absolute atomic E-state index is 1.06. The molecular formula is C36H40N2S2+2. The van der Waals surface area contributed by atoms with Gasteiger partial charge in [0.25, 0.3) is 23.5 Å². The number of benzene rings is 4. The van der Waals surface area contributed by atoms with Gasteiger partial charge >= 0.3 is 0 Å². The molecular weight excluding hydrogens is 525 g/mol. The third kappa shape index (κ3) is 4.54. The fraction of sp³-hybridized carbons (Fsp3) is 0.333. The standard InChI is InChI=1S/C36H40N2S2/c1-7-9-19-37-27-15-11-13-17-31(27)39-35-25(5)33(23(3)21-29(35)37)34-24(4)22-30-36(26(34)6)40-32-18-14-12-16-28(32)38(30)20-10-8-2/h11-18,21-22H,7-10,19-20H2,1-6H3/q+2. The average Bonchev–Trinajstić information content (AvgIpc) is 2.96. The van der Waals surface area contributed by atoms with E-state index in [1.54, 1.807) is 0 Å². The number of nitrogens with zero attached hydrogens (tertiary/aromatic N) is 2. The number of aryl methyl sites for hydroxylation is 2. The third-order valence-electron chi connectivity index (χ3n) is 8.43. The van der Waals surface area contributed by atoms with Gasteiger partial charge < -0.3 is 9.80 Å². The number of para-hydroxylation sites is 2. The Morgan fingerprint density at radius 3 is 1.35 bits per heavy atom. The molecule has 0 aromatic heterocycles. The largest absolute Gasteiger partial charge is 0.333 e. The molecule has 0 spiro atoms. The van der Waals surface area contributed by atoms with Gasteiger partial charge in [0.2, 0.25) is 19.6 Å². The summed E-state index contributed by atoms with van der Waals surface area (Å²) in [5.74, 6) is 0. The summed E-state index contributed by atoms with van der Waals surface area (Å²) >= 11 is 3.90. The van der Waals surface area contributed by atoms with Gasteiger partial charge in [-0.15, -0.1) is 0 Å². The number of hydrogen-bond donors (Lipinski definition) is 0. The molecule has 0 fully saturated rings. The van der Waals surface area contributed by atoms with Gasteiger partial charge in [-0.3, -0.25) is 0 Å². The summed E-state index contributed by atoms with van der Waals surface area (Å²) in [5, 5.41) is 0. The summed E-state index contributed by atoms with van der Waals surface area (Å²) in [6.45, 7) is 16.0. The van der Waals surface area contributed by atoms with Crippen LogP contribution in [0.2, 0.25) is 0 Å². The minimum Gasteiger partial charge on any atom is -0.333 e. The first kappa shape index (κ1) is 27.4. The van der Waals surface area contributed by atoms with Gasteiger partial charge in [-0.1, -0.05) is 51.0 Å². The molecule has 2 nitrogen and oxygen atoms in total. The summed E-state index contributed by atoms with van der Waals surface area (Å²) in [6.07, 6.45) is 4.77. The van der Waals surface area contributed by atoms with E-state index in [2.05, 4.69) is 112 Å². The molecule has 0 unspecified atom stereocenters. The topological polar surface area (TPSA) is 6.48 Å².